The predicted molar refractivity (Wildman–Crippen MR) is 84.3 cm³/mol. The third kappa shape index (κ3) is 3.27. The molecule has 1 aliphatic heterocycles. The normalized spacial score (nSPS) is 22.6. The molecule has 0 spiro atoms. The van der Waals surface area contributed by atoms with Gasteiger partial charge in [-0.2, -0.15) is 0 Å². The van der Waals surface area contributed by atoms with E-state index in [-0.39, 0.29) is 18.5 Å². The van der Waals surface area contributed by atoms with Crippen LogP contribution in [0, 0.1) is 0 Å². The van der Waals surface area contributed by atoms with Crippen molar-refractivity contribution in [2.75, 3.05) is 13.1 Å². The van der Waals surface area contributed by atoms with Crippen LogP contribution in [0.1, 0.15) is 18.1 Å². The molecule has 2 aromatic rings. The number of carbonyl (C=O) groups is 1. The Morgan fingerprint density at radius 1 is 1.27 bits per heavy atom. The van der Waals surface area contributed by atoms with Crippen molar-refractivity contribution in [3.63, 3.8) is 0 Å². The number of amides is 1. The Hall–Kier alpha value is -1.95. The summed E-state index contributed by atoms with van der Waals surface area (Å²) in [6.07, 6.45) is -0.807. The zero-order chi connectivity index (χ0) is 15.5. The fraction of sp³-hybridized carbons (Fsp3) is 0.353. The standard InChI is InChI=1S/C17H20N2O3/c20-14-8-15(18-9-14)17(22)19-10-16(21)13-6-5-11-3-1-2-4-12(11)7-13/h1-7,14-16,18,20-21H,8-10H2,(H,19,22). The SMILES string of the molecule is O=C(NCC(O)c1ccc2ccccc2c1)C1CC(O)CN1. The van der Waals surface area contributed by atoms with Crippen LogP contribution in [0.15, 0.2) is 42.5 Å². The molecule has 1 aliphatic rings. The summed E-state index contributed by atoms with van der Waals surface area (Å²) in [7, 11) is 0. The Balaban J connectivity index is 1.60. The molecule has 3 unspecified atom stereocenters. The maximum Gasteiger partial charge on any atom is 0.237 e. The zero-order valence-corrected chi connectivity index (χ0v) is 12.2. The minimum atomic E-state index is -0.750. The van der Waals surface area contributed by atoms with Gasteiger partial charge < -0.3 is 20.8 Å². The van der Waals surface area contributed by atoms with Crippen LogP contribution in [-0.2, 0) is 4.79 Å². The summed E-state index contributed by atoms with van der Waals surface area (Å²) in [6, 6.07) is 13.3. The van der Waals surface area contributed by atoms with Gasteiger partial charge in [0.05, 0.1) is 18.2 Å². The van der Waals surface area contributed by atoms with Crippen LogP contribution in [0.25, 0.3) is 10.8 Å². The van der Waals surface area contributed by atoms with Crippen molar-refractivity contribution in [3.05, 3.63) is 48.0 Å². The fourth-order valence-corrected chi connectivity index (χ4v) is 2.77. The molecule has 4 N–H and O–H groups in total. The second-order valence-corrected chi connectivity index (χ2v) is 5.72. The van der Waals surface area contributed by atoms with Gasteiger partial charge in [-0.15, -0.1) is 0 Å². The van der Waals surface area contributed by atoms with E-state index < -0.39 is 12.2 Å². The first-order valence-corrected chi connectivity index (χ1v) is 7.49. The van der Waals surface area contributed by atoms with Crippen molar-refractivity contribution < 1.29 is 15.0 Å². The maximum atomic E-state index is 11.9. The van der Waals surface area contributed by atoms with Gasteiger partial charge in [0.2, 0.25) is 5.91 Å². The Morgan fingerprint density at radius 2 is 2.05 bits per heavy atom. The van der Waals surface area contributed by atoms with E-state index in [2.05, 4.69) is 10.6 Å². The van der Waals surface area contributed by atoms with E-state index in [0.29, 0.717) is 13.0 Å². The number of aliphatic hydroxyl groups is 2. The minimum absolute atomic E-state index is 0.158. The predicted octanol–water partition coefficient (Wildman–Crippen LogP) is 0.712. The van der Waals surface area contributed by atoms with Gasteiger partial charge in [0.15, 0.2) is 0 Å². The molecule has 0 saturated carbocycles. The van der Waals surface area contributed by atoms with Gasteiger partial charge in [-0.3, -0.25) is 4.79 Å². The molecule has 3 atom stereocenters. The quantitative estimate of drug-likeness (QED) is 0.670. The highest BCUT2D eigenvalue weighted by atomic mass is 16.3. The Labute approximate surface area is 129 Å². The summed E-state index contributed by atoms with van der Waals surface area (Å²) in [5, 5.41) is 27.5. The van der Waals surface area contributed by atoms with Crippen molar-refractivity contribution in [2.24, 2.45) is 0 Å². The average molecular weight is 300 g/mol. The molecule has 22 heavy (non-hydrogen) atoms. The van der Waals surface area contributed by atoms with E-state index >= 15 is 0 Å². The number of β-amino-alcohol motifs (C(OH)–C–C–N with tert-alkyl or cyclic N) is 1. The molecule has 1 heterocycles. The maximum absolute atomic E-state index is 11.9. The van der Waals surface area contributed by atoms with E-state index in [1.807, 2.05) is 42.5 Å². The van der Waals surface area contributed by atoms with Gasteiger partial charge in [-0.05, 0) is 28.8 Å². The Bertz CT molecular complexity index is 674. The highest BCUT2D eigenvalue weighted by Crippen LogP contribution is 2.20. The lowest BCUT2D eigenvalue weighted by Gasteiger charge is -2.15. The molecule has 5 heteroatoms. The third-order valence-electron chi connectivity index (χ3n) is 4.05. The lowest BCUT2D eigenvalue weighted by Crippen LogP contribution is -2.41. The smallest absolute Gasteiger partial charge is 0.237 e. The van der Waals surface area contributed by atoms with Crippen LogP contribution in [0.4, 0.5) is 0 Å². The zero-order valence-electron chi connectivity index (χ0n) is 12.2. The molecule has 5 nitrogen and oxygen atoms in total. The molecule has 0 aliphatic carbocycles. The molecular formula is C17H20N2O3. The van der Waals surface area contributed by atoms with Gasteiger partial charge in [0.1, 0.15) is 0 Å². The number of aliphatic hydroxyl groups excluding tert-OH is 2. The highest BCUT2D eigenvalue weighted by molar-refractivity contribution is 5.83. The average Bonchev–Trinajstić information content (AvgIpc) is 2.98. The van der Waals surface area contributed by atoms with Crippen LogP contribution in [0.3, 0.4) is 0 Å². The third-order valence-corrected chi connectivity index (χ3v) is 4.05. The Morgan fingerprint density at radius 3 is 2.77 bits per heavy atom. The minimum Gasteiger partial charge on any atom is -0.392 e. The first kappa shape index (κ1) is 15.0. The van der Waals surface area contributed by atoms with E-state index in [9.17, 15) is 15.0 Å². The summed E-state index contributed by atoms with van der Waals surface area (Å²) in [5.41, 5.74) is 0.776. The Kier molecular flexibility index (Phi) is 4.38. The molecule has 1 saturated heterocycles. The van der Waals surface area contributed by atoms with Gasteiger partial charge in [0, 0.05) is 13.1 Å². The number of rotatable bonds is 4. The largest absolute Gasteiger partial charge is 0.392 e. The summed E-state index contributed by atoms with van der Waals surface area (Å²) >= 11 is 0. The monoisotopic (exact) mass is 300 g/mol. The lowest BCUT2D eigenvalue weighted by molar-refractivity contribution is -0.123. The van der Waals surface area contributed by atoms with E-state index in [1.54, 1.807) is 0 Å². The van der Waals surface area contributed by atoms with Crippen molar-refractivity contribution in [3.8, 4) is 0 Å². The number of nitrogens with one attached hydrogen (secondary N) is 2. The number of hydrogen-bond donors (Lipinski definition) is 4. The molecule has 116 valence electrons. The first-order valence-electron chi connectivity index (χ1n) is 7.49. The molecule has 1 fully saturated rings. The van der Waals surface area contributed by atoms with Gasteiger partial charge in [-0.25, -0.2) is 0 Å². The van der Waals surface area contributed by atoms with Crippen LogP contribution in [0.2, 0.25) is 0 Å². The van der Waals surface area contributed by atoms with Crippen molar-refractivity contribution in [1.82, 2.24) is 10.6 Å². The molecule has 2 aromatic carbocycles. The summed E-state index contributed by atoms with van der Waals surface area (Å²) in [4.78, 5) is 11.9. The summed E-state index contributed by atoms with van der Waals surface area (Å²) < 4.78 is 0. The molecule has 0 bridgehead atoms. The van der Waals surface area contributed by atoms with E-state index in [4.69, 9.17) is 0 Å². The lowest BCUT2D eigenvalue weighted by atomic mass is 10.0. The molecular weight excluding hydrogens is 280 g/mol. The van der Waals surface area contributed by atoms with Crippen LogP contribution in [-0.4, -0.2) is 41.4 Å². The van der Waals surface area contributed by atoms with E-state index in [1.165, 1.54) is 0 Å². The highest BCUT2D eigenvalue weighted by Gasteiger charge is 2.28. The van der Waals surface area contributed by atoms with Gasteiger partial charge in [0.25, 0.3) is 0 Å². The van der Waals surface area contributed by atoms with Gasteiger partial charge >= 0.3 is 0 Å². The fourth-order valence-electron chi connectivity index (χ4n) is 2.77. The van der Waals surface area contributed by atoms with Crippen molar-refractivity contribution in [1.29, 1.82) is 0 Å². The number of fused-ring (bicyclic) bond motifs is 1. The molecule has 1 amide bonds. The van der Waals surface area contributed by atoms with Crippen LogP contribution < -0.4 is 10.6 Å². The number of benzene rings is 2. The van der Waals surface area contributed by atoms with Crippen LogP contribution in [0.5, 0.6) is 0 Å². The number of hydrogen-bond acceptors (Lipinski definition) is 4. The molecule has 0 aromatic heterocycles. The summed E-state index contributed by atoms with van der Waals surface area (Å²) in [5.74, 6) is -0.184. The first-order chi connectivity index (χ1) is 10.6. The van der Waals surface area contributed by atoms with E-state index in [0.717, 1.165) is 16.3 Å². The van der Waals surface area contributed by atoms with Crippen molar-refractivity contribution in [2.45, 2.75) is 24.7 Å². The second-order valence-electron chi connectivity index (χ2n) is 5.72. The summed E-state index contributed by atoms with van der Waals surface area (Å²) in [6.45, 7) is 0.594. The van der Waals surface area contributed by atoms with Gasteiger partial charge in [-0.1, -0.05) is 36.4 Å². The molecule has 3 rings (SSSR count). The van der Waals surface area contributed by atoms with Crippen molar-refractivity contribution >= 4 is 16.7 Å². The van der Waals surface area contributed by atoms with Crippen LogP contribution >= 0.6 is 0 Å². The number of carbonyl (C=O) groups excluding carboxylic acids is 1. The topological polar surface area (TPSA) is 81.6 Å². The molecule has 0 radical (unpaired) electrons. The second kappa shape index (κ2) is 6.44.